The predicted molar refractivity (Wildman–Crippen MR) is 138 cm³/mol. The number of nitrogens with zero attached hydrogens (tertiary/aromatic N) is 3. The van der Waals surface area contributed by atoms with Crippen LogP contribution in [-0.4, -0.2) is 57.2 Å². The van der Waals surface area contributed by atoms with Crippen LogP contribution in [0.2, 0.25) is 5.02 Å². The number of anilines is 1. The molecule has 5 rings (SSSR count). The molecular weight excluding hydrogens is 534 g/mol. The first-order chi connectivity index (χ1) is 18.6. The molecule has 1 fully saturated rings. The molecule has 0 bridgehead atoms. The van der Waals surface area contributed by atoms with Gasteiger partial charge >= 0.3 is 0 Å². The van der Waals surface area contributed by atoms with Crippen molar-refractivity contribution >= 4 is 29.2 Å². The number of para-hydroxylation sites is 1. The molecule has 1 aromatic heterocycles. The standard InChI is InChI=1S/C27H29ClF2N4O5/c1-27(2)37-15-18(39-27)13-33-8-7-24(32-33)31-26(36)22(11-16-9-20(29)21(30)10-16)34-14-17(12-25(34)35)38-23-6-4-3-5-19(23)28/h3-8,12,15-16,20-22H,9-11,13-14H2,1-2H3,(H,31,32,36). The Labute approximate surface area is 229 Å². The summed E-state index contributed by atoms with van der Waals surface area (Å²) in [6.07, 6.45) is 1.39. The van der Waals surface area contributed by atoms with Crippen LogP contribution in [0.4, 0.5) is 14.6 Å². The molecule has 1 N–H and O–H groups in total. The quantitative estimate of drug-likeness (QED) is 0.474. The lowest BCUT2D eigenvalue weighted by molar-refractivity contribution is -0.134. The van der Waals surface area contributed by atoms with Crippen molar-refractivity contribution in [2.45, 2.75) is 63.8 Å². The molecule has 3 atom stereocenters. The number of rotatable bonds is 9. The maximum absolute atomic E-state index is 13.9. The molecule has 2 aromatic rings. The summed E-state index contributed by atoms with van der Waals surface area (Å²) < 4.78 is 46.4. The van der Waals surface area contributed by atoms with E-state index in [1.807, 2.05) is 0 Å². The van der Waals surface area contributed by atoms with Gasteiger partial charge in [0.15, 0.2) is 11.6 Å². The van der Waals surface area contributed by atoms with Crippen molar-refractivity contribution in [3.63, 3.8) is 0 Å². The van der Waals surface area contributed by atoms with Crippen molar-refractivity contribution in [2.75, 3.05) is 11.9 Å². The number of carbonyl (C=O) groups excluding carboxylic acids is 2. The smallest absolute Gasteiger partial charge is 0.251 e. The fourth-order valence-corrected chi connectivity index (χ4v) is 5.12. The summed E-state index contributed by atoms with van der Waals surface area (Å²) in [5, 5.41) is 7.47. The number of alkyl halides is 2. The monoisotopic (exact) mass is 562 g/mol. The zero-order valence-corrected chi connectivity index (χ0v) is 22.2. The minimum Gasteiger partial charge on any atom is -0.458 e. The molecule has 1 saturated carbocycles. The summed E-state index contributed by atoms with van der Waals surface area (Å²) in [7, 11) is 0. The normalized spacial score (nSPS) is 24.6. The van der Waals surface area contributed by atoms with Crippen LogP contribution in [0.1, 0.15) is 33.1 Å². The van der Waals surface area contributed by atoms with E-state index in [1.165, 1.54) is 17.2 Å². The molecular formula is C27H29ClF2N4O5. The number of carbonyl (C=O) groups is 2. The molecule has 1 aliphatic carbocycles. The molecule has 12 heteroatoms. The Bertz CT molecular complexity index is 1300. The van der Waals surface area contributed by atoms with Gasteiger partial charge in [-0.1, -0.05) is 23.7 Å². The number of allylic oxidation sites excluding steroid dienone is 1. The summed E-state index contributed by atoms with van der Waals surface area (Å²) in [6, 6.07) is 7.43. The highest BCUT2D eigenvalue weighted by atomic mass is 35.5. The topological polar surface area (TPSA) is 94.9 Å². The second-order valence-corrected chi connectivity index (χ2v) is 10.7. The van der Waals surface area contributed by atoms with E-state index in [0.29, 0.717) is 22.3 Å². The number of hydrogen-bond donors (Lipinski definition) is 1. The highest BCUT2D eigenvalue weighted by Crippen LogP contribution is 2.36. The van der Waals surface area contributed by atoms with E-state index in [1.54, 1.807) is 55.1 Å². The van der Waals surface area contributed by atoms with E-state index in [0.717, 1.165) is 0 Å². The van der Waals surface area contributed by atoms with Crippen LogP contribution in [0.25, 0.3) is 0 Å². The van der Waals surface area contributed by atoms with Gasteiger partial charge in [0, 0.05) is 32.2 Å². The zero-order chi connectivity index (χ0) is 27.7. The molecule has 3 heterocycles. The Morgan fingerprint density at radius 2 is 2.00 bits per heavy atom. The van der Waals surface area contributed by atoms with Gasteiger partial charge in [0.05, 0.1) is 11.6 Å². The maximum Gasteiger partial charge on any atom is 0.251 e. The first-order valence-electron chi connectivity index (χ1n) is 12.7. The zero-order valence-electron chi connectivity index (χ0n) is 21.5. The third-order valence-electron chi connectivity index (χ3n) is 6.78. The highest BCUT2D eigenvalue weighted by Gasteiger charge is 2.41. The summed E-state index contributed by atoms with van der Waals surface area (Å²) in [5.74, 6) is -0.604. The number of hydrogen-bond acceptors (Lipinski definition) is 6. The Morgan fingerprint density at radius 1 is 1.26 bits per heavy atom. The summed E-state index contributed by atoms with van der Waals surface area (Å²) in [4.78, 5) is 27.8. The van der Waals surface area contributed by atoms with Crippen molar-refractivity contribution in [1.29, 1.82) is 0 Å². The van der Waals surface area contributed by atoms with E-state index >= 15 is 0 Å². The van der Waals surface area contributed by atoms with Crippen molar-refractivity contribution < 1.29 is 32.6 Å². The molecule has 0 radical (unpaired) electrons. The average Bonchev–Trinajstić information content (AvgIpc) is 3.63. The number of nitrogens with one attached hydrogen (secondary N) is 1. The van der Waals surface area contributed by atoms with Crippen LogP contribution in [0.3, 0.4) is 0 Å². The number of halogens is 3. The van der Waals surface area contributed by atoms with Crippen molar-refractivity contribution in [2.24, 2.45) is 5.92 Å². The van der Waals surface area contributed by atoms with Gasteiger partial charge in [0.1, 0.15) is 42.7 Å². The van der Waals surface area contributed by atoms with Gasteiger partial charge in [0.25, 0.3) is 5.91 Å². The molecule has 3 aliphatic rings. The number of amides is 2. The van der Waals surface area contributed by atoms with Gasteiger partial charge in [-0.25, -0.2) is 8.78 Å². The van der Waals surface area contributed by atoms with E-state index in [2.05, 4.69) is 10.4 Å². The Balaban J connectivity index is 1.28. The number of ether oxygens (including phenoxy) is 3. The van der Waals surface area contributed by atoms with Gasteiger partial charge in [-0.05, 0) is 37.3 Å². The van der Waals surface area contributed by atoms with E-state index in [9.17, 15) is 18.4 Å². The number of aromatic nitrogens is 2. The molecule has 39 heavy (non-hydrogen) atoms. The lowest BCUT2D eigenvalue weighted by Gasteiger charge is -2.29. The molecule has 208 valence electrons. The fraction of sp³-hybridized carbons (Fsp3) is 0.444. The fourth-order valence-electron chi connectivity index (χ4n) is 4.95. The first kappa shape index (κ1) is 27.0. The van der Waals surface area contributed by atoms with Crippen LogP contribution < -0.4 is 10.1 Å². The average molecular weight is 563 g/mol. The van der Waals surface area contributed by atoms with Gasteiger partial charge < -0.3 is 24.4 Å². The summed E-state index contributed by atoms with van der Waals surface area (Å²) >= 11 is 6.18. The van der Waals surface area contributed by atoms with Crippen LogP contribution in [-0.2, 0) is 25.6 Å². The summed E-state index contributed by atoms with van der Waals surface area (Å²) in [6.45, 7) is 3.86. The van der Waals surface area contributed by atoms with E-state index in [-0.39, 0.29) is 38.2 Å². The van der Waals surface area contributed by atoms with E-state index in [4.69, 9.17) is 25.8 Å². The third-order valence-corrected chi connectivity index (χ3v) is 7.09. The molecule has 2 amide bonds. The largest absolute Gasteiger partial charge is 0.458 e. The Morgan fingerprint density at radius 3 is 2.69 bits per heavy atom. The first-order valence-corrected chi connectivity index (χ1v) is 13.1. The maximum atomic E-state index is 13.9. The highest BCUT2D eigenvalue weighted by molar-refractivity contribution is 6.32. The minimum absolute atomic E-state index is 0.00267. The lowest BCUT2D eigenvalue weighted by atomic mass is 9.96. The molecule has 3 unspecified atom stereocenters. The molecule has 0 saturated heterocycles. The Hall–Kier alpha value is -3.60. The van der Waals surface area contributed by atoms with Crippen LogP contribution >= 0.6 is 11.6 Å². The van der Waals surface area contributed by atoms with Crippen molar-refractivity contribution in [3.8, 4) is 5.75 Å². The SMILES string of the molecule is CC1(C)OC=C(Cn2ccc(NC(=O)C(CC3CC(F)C(F)C3)N3CC(Oc4ccccc4Cl)=CC3=O)n2)O1. The van der Waals surface area contributed by atoms with Gasteiger partial charge in [-0.3, -0.25) is 14.3 Å². The molecule has 0 spiro atoms. The summed E-state index contributed by atoms with van der Waals surface area (Å²) in [5.41, 5.74) is 0. The van der Waals surface area contributed by atoms with Crippen LogP contribution in [0.15, 0.2) is 60.4 Å². The molecule has 1 aromatic carbocycles. The minimum atomic E-state index is -1.58. The Kier molecular flexibility index (Phi) is 7.53. The third kappa shape index (κ3) is 6.35. The van der Waals surface area contributed by atoms with Crippen molar-refractivity contribution in [3.05, 3.63) is 65.4 Å². The predicted octanol–water partition coefficient (Wildman–Crippen LogP) is 4.75. The second-order valence-electron chi connectivity index (χ2n) is 10.3. The lowest BCUT2D eigenvalue weighted by Crippen LogP contribution is -2.46. The van der Waals surface area contributed by atoms with Gasteiger partial charge in [-0.2, -0.15) is 5.10 Å². The van der Waals surface area contributed by atoms with Crippen LogP contribution in [0, 0.1) is 5.92 Å². The molecule has 9 nitrogen and oxygen atoms in total. The van der Waals surface area contributed by atoms with Crippen molar-refractivity contribution in [1.82, 2.24) is 14.7 Å². The van der Waals surface area contributed by atoms with Gasteiger partial charge in [-0.15, -0.1) is 0 Å². The second kappa shape index (κ2) is 10.9. The van der Waals surface area contributed by atoms with Crippen LogP contribution in [0.5, 0.6) is 5.75 Å². The molecule has 2 aliphatic heterocycles. The van der Waals surface area contributed by atoms with Gasteiger partial charge in [0.2, 0.25) is 11.7 Å². The number of benzene rings is 1. The van der Waals surface area contributed by atoms with E-state index < -0.39 is 41.9 Å².